The van der Waals surface area contributed by atoms with Gasteiger partial charge < -0.3 is 15.2 Å². The highest BCUT2D eigenvalue weighted by Gasteiger charge is 2.08. The predicted octanol–water partition coefficient (Wildman–Crippen LogP) is 3.41. The Morgan fingerprint density at radius 1 is 1.33 bits per heavy atom. The van der Waals surface area contributed by atoms with Crippen LogP contribution >= 0.6 is 0 Å². The number of hydrogen-bond acceptors (Lipinski definition) is 4. The van der Waals surface area contributed by atoms with Crippen LogP contribution in [0.15, 0.2) is 36.4 Å². The lowest BCUT2D eigenvalue weighted by Gasteiger charge is -2.12. The van der Waals surface area contributed by atoms with Crippen molar-refractivity contribution in [2.24, 2.45) is 0 Å². The van der Waals surface area contributed by atoms with Crippen molar-refractivity contribution in [2.75, 3.05) is 11.9 Å². The molecule has 0 heterocycles. The van der Waals surface area contributed by atoms with Crippen LogP contribution in [0.2, 0.25) is 0 Å². The Bertz CT molecular complexity index is 680. The van der Waals surface area contributed by atoms with E-state index in [1.807, 2.05) is 6.92 Å². The Hall–Kier alpha value is -2.74. The van der Waals surface area contributed by atoms with Gasteiger partial charge in [-0.15, -0.1) is 0 Å². The van der Waals surface area contributed by atoms with Gasteiger partial charge in [-0.3, -0.25) is 0 Å². The van der Waals surface area contributed by atoms with Crippen molar-refractivity contribution < 1.29 is 14.2 Å². The maximum absolute atomic E-state index is 13.2. The number of hydrogen-bond donors (Lipinski definition) is 2. The van der Waals surface area contributed by atoms with E-state index >= 15 is 0 Å². The van der Waals surface area contributed by atoms with Crippen LogP contribution in [0, 0.1) is 17.1 Å². The highest BCUT2D eigenvalue weighted by molar-refractivity contribution is 5.52. The SMILES string of the molecule is CCOc1cccc(CNc2ccc(F)c(C#N)c2)c1O. The van der Waals surface area contributed by atoms with E-state index in [0.29, 0.717) is 30.2 Å². The summed E-state index contributed by atoms with van der Waals surface area (Å²) in [6.45, 7) is 2.64. The van der Waals surface area contributed by atoms with Crippen LogP contribution < -0.4 is 10.1 Å². The molecule has 0 radical (unpaired) electrons. The number of halogens is 1. The summed E-state index contributed by atoms with van der Waals surface area (Å²) >= 11 is 0. The Morgan fingerprint density at radius 2 is 2.14 bits per heavy atom. The Kier molecular flexibility index (Phi) is 4.62. The highest BCUT2D eigenvalue weighted by atomic mass is 19.1. The topological polar surface area (TPSA) is 65.3 Å². The molecule has 5 heteroatoms. The molecular formula is C16H15FN2O2. The van der Waals surface area contributed by atoms with Crippen molar-refractivity contribution in [3.63, 3.8) is 0 Å². The quantitative estimate of drug-likeness (QED) is 0.884. The molecule has 2 N–H and O–H groups in total. The average molecular weight is 286 g/mol. The molecule has 0 fully saturated rings. The Morgan fingerprint density at radius 3 is 2.86 bits per heavy atom. The van der Waals surface area contributed by atoms with Gasteiger partial charge in [0.25, 0.3) is 0 Å². The van der Waals surface area contributed by atoms with Gasteiger partial charge in [0, 0.05) is 17.8 Å². The lowest BCUT2D eigenvalue weighted by Crippen LogP contribution is -2.02. The molecule has 0 saturated carbocycles. The summed E-state index contributed by atoms with van der Waals surface area (Å²) in [7, 11) is 0. The zero-order valence-corrected chi connectivity index (χ0v) is 11.6. The first-order valence-electron chi connectivity index (χ1n) is 6.53. The minimum absolute atomic E-state index is 0.0210. The minimum atomic E-state index is -0.552. The van der Waals surface area contributed by atoms with Crippen LogP contribution in [-0.2, 0) is 6.54 Å². The summed E-state index contributed by atoms with van der Waals surface area (Å²) in [4.78, 5) is 0. The molecule has 0 saturated heterocycles. The summed E-state index contributed by atoms with van der Waals surface area (Å²) in [6.07, 6.45) is 0. The van der Waals surface area contributed by atoms with E-state index in [1.165, 1.54) is 12.1 Å². The molecule has 2 rings (SSSR count). The Balaban J connectivity index is 2.13. The van der Waals surface area contributed by atoms with Gasteiger partial charge in [-0.2, -0.15) is 5.26 Å². The average Bonchev–Trinajstić information content (AvgIpc) is 2.49. The van der Waals surface area contributed by atoms with Gasteiger partial charge in [-0.25, -0.2) is 4.39 Å². The van der Waals surface area contributed by atoms with Crippen LogP contribution in [0.25, 0.3) is 0 Å². The summed E-state index contributed by atoms with van der Waals surface area (Å²) < 4.78 is 18.5. The number of aromatic hydroxyl groups is 1. The molecule has 0 atom stereocenters. The number of benzene rings is 2. The summed E-state index contributed by atoms with van der Waals surface area (Å²) in [5.41, 5.74) is 1.24. The second kappa shape index (κ2) is 6.62. The lowest BCUT2D eigenvalue weighted by molar-refractivity contribution is 0.317. The molecule has 0 unspecified atom stereocenters. The second-order valence-corrected chi connectivity index (χ2v) is 4.36. The van der Waals surface area contributed by atoms with Crippen LogP contribution in [-0.4, -0.2) is 11.7 Å². The number of phenolic OH excluding ortho intramolecular Hbond substituents is 1. The molecule has 0 aliphatic carbocycles. The first-order chi connectivity index (χ1) is 10.2. The molecular weight excluding hydrogens is 271 g/mol. The molecule has 0 bridgehead atoms. The van der Waals surface area contributed by atoms with Gasteiger partial charge in [0.1, 0.15) is 11.9 Å². The van der Waals surface area contributed by atoms with Gasteiger partial charge >= 0.3 is 0 Å². The van der Waals surface area contributed by atoms with E-state index in [1.54, 1.807) is 30.3 Å². The van der Waals surface area contributed by atoms with Crippen molar-refractivity contribution in [3.8, 4) is 17.6 Å². The van der Waals surface area contributed by atoms with E-state index in [2.05, 4.69) is 5.32 Å². The number of nitriles is 1. The fourth-order valence-corrected chi connectivity index (χ4v) is 1.90. The molecule has 0 aliphatic heterocycles. The third-order valence-electron chi connectivity index (χ3n) is 2.95. The van der Waals surface area contributed by atoms with Crippen molar-refractivity contribution in [1.82, 2.24) is 0 Å². The number of anilines is 1. The zero-order chi connectivity index (χ0) is 15.2. The number of phenols is 1. The largest absolute Gasteiger partial charge is 0.504 e. The number of nitrogens with one attached hydrogen (secondary N) is 1. The molecule has 0 amide bonds. The van der Waals surface area contributed by atoms with Gasteiger partial charge in [0.05, 0.1) is 12.2 Å². The van der Waals surface area contributed by atoms with Crippen LogP contribution in [0.3, 0.4) is 0 Å². The highest BCUT2D eigenvalue weighted by Crippen LogP contribution is 2.30. The van der Waals surface area contributed by atoms with E-state index < -0.39 is 5.82 Å². The third-order valence-corrected chi connectivity index (χ3v) is 2.95. The Labute approximate surface area is 122 Å². The maximum atomic E-state index is 13.2. The molecule has 2 aromatic carbocycles. The van der Waals surface area contributed by atoms with Crippen LogP contribution in [0.5, 0.6) is 11.5 Å². The van der Waals surface area contributed by atoms with Crippen molar-refractivity contribution in [2.45, 2.75) is 13.5 Å². The molecule has 2 aromatic rings. The van der Waals surface area contributed by atoms with E-state index in [9.17, 15) is 9.50 Å². The van der Waals surface area contributed by atoms with Crippen LogP contribution in [0.1, 0.15) is 18.1 Å². The number of rotatable bonds is 5. The first-order valence-corrected chi connectivity index (χ1v) is 6.53. The normalized spacial score (nSPS) is 9.95. The lowest BCUT2D eigenvalue weighted by atomic mass is 10.1. The molecule has 0 aromatic heterocycles. The number of para-hydroxylation sites is 1. The molecule has 108 valence electrons. The second-order valence-electron chi connectivity index (χ2n) is 4.36. The molecule has 21 heavy (non-hydrogen) atoms. The fourth-order valence-electron chi connectivity index (χ4n) is 1.90. The summed E-state index contributed by atoms with van der Waals surface area (Å²) in [5.74, 6) is -0.0488. The monoisotopic (exact) mass is 286 g/mol. The first kappa shape index (κ1) is 14.7. The summed E-state index contributed by atoms with van der Waals surface area (Å²) in [6, 6.07) is 11.2. The smallest absolute Gasteiger partial charge is 0.162 e. The van der Waals surface area contributed by atoms with E-state index in [4.69, 9.17) is 10.00 Å². The van der Waals surface area contributed by atoms with Crippen molar-refractivity contribution in [3.05, 3.63) is 53.3 Å². The zero-order valence-electron chi connectivity index (χ0n) is 11.6. The maximum Gasteiger partial charge on any atom is 0.162 e. The molecule has 0 aliphatic rings. The third kappa shape index (κ3) is 3.42. The van der Waals surface area contributed by atoms with E-state index in [-0.39, 0.29) is 11.3 Å². The van der Waals surface area contributed by atoms with Gasteiger partial charge in [0.15, 0.2) is 11.5 Å². The van der Waals surface area contributed by atoms with Crippen LogP contribution in [0.4, 0.5) is 10.1 Å². The number of nitrogens with zero attached hydrogens (tertiary/aromatic N) is 1. The molecule has 4 nitrogen and oxygen atoms in total. The summed E-state index contributed by atoms with van der Waals surface area (Å²) in [5, 5.41) is 21.9. The fraction of sp³-hybridized carbons (Fsp3) is 0.188. The van der Waals surface area contributed by atoms with Gasteiger partial charge in [0.2, 0.25) is 0 Å². The minimum Gasteiger partial charge on any atom is -0.504 e. The van der Waals surface area contributed by atoms with Gasteiger partial charge in [-0.05, 0) is 31.2 Å². The van der Waals surface area contributed by atoms with E-state index in [0.717, 1.165) is 0 Å². The predicted molar refractivity (Wildman–Crippen MR) is 77.7 cm³/mol. The molecule has 0 spiro atoms. The van der Waals surface area contributed by atoms with Crippen molar-refractivity contribution >= 4 is 5.69 Å². The number of ether oxygens (including phenoxy) is 1. The standard InChI is InChI=1S/C16H15FN2O2/c1-2-21-15-5-3-4-11(16(15)20)10-19-13-6-7-14(17)12(8-13)9-18/h3-8,19-20H,2,10H2,1H3. The van der Waals surface area contributed by atoms with Crippen molar-refractivity contribution in [1.29, 1.82) is 5.26 Å². The van der Waals surface area contributed by atoms with Gasteiger partial charge in [-0.1, -0.05) is 12.1 Å².